The highest BCUT2D eigenvalue weighted by atomic mass is 32.1. The summed E-state index contributed by atoms with van der Waals surface area (Å²) in [5, 5.41) is 15.2. The Hall–Kier alpha value is -7.20. The zero-order valence-corrected chi connectivity index (χ0v) is 44.0. The molecule has 0 aliphatic rings. The standard InChI is InChI=1S/3C14H10N2O2S.6C2H6.2CH4/c3*17-12-10-6-7-19-14(10)15-8-11(12)13(18)16-9-4-2-1-3-5-9;6*1-2;;/h3*1-8H,(H,15,17)(H,16,18);6*1-2H3;2*1H4. The summed E-state index contributed by atoms with van der Waals surface area (Å²) in [6.07, 6.45) is 4.37. The lowest BCUT2D eigenvalue weighted by Crippen LogP contribution is -2.21. The van der Waals surface area contributed by atoms with E-state index in [0.29, 0.717) is 33.2 Å². The summed E-state index contributed by atoms with van der Waals surface area (Å²) in [6, 6.07) is 32.3. The zero-order chi connectivity index (χ0) is 51.7. The van der Waals surface area contributed by atoms with Crippen molar-refractivity contribution in [3.05, 3.63) is 191 Å². The van der Waals surface area contributed by atoms with Crippen LogP contribution in [0.3, 0.4) is 0 Å². The minimum atomic E-state index is -0.402. The molecule has 0 saturated heterocycles. The van der Waals surface area contributed by atoms with Crippen molar-refractivity contribution in [1.82, 2.24) is 15.0 Å². The summed E-state index contributed by atoms with van der Waals surface area (Å²) < 4.78 is 0. The smallest absolute Gasteiger partial charge is 0.261 e. The molecule has 382 valence electrons. The van der Waals surface area contributed by atoms with Crippen molar-refractivity contribution in [3.63, 3.8) is 0 Å². The molecule has 0 saturated carbocycles. The predicted octanol–water partition coefficient (Wildman–Crippen LogP) is 16.0. The van der Waals surface area contributed by atoms with Gasteiger partial charge in [-0.3, -0.25) is 28.8 Å². The molecule has 0 atom stereocenters. The number of carbonyl (C=O) groups is 3. The van der Waals surface area contributed by atoms with E-state index < -0.39 is 17.7 Å². The van der Waals surface area contributed by atoms with E-state index in [1.165, 1.54) is 52.6 Å². The second-order valence-electron chi connectivity index (χ2n) is 12.0. The highest BCUT2D eigenvalue weighted by molar-refractivity contribution is 7.17. The molecule has 3 amide bonds. The number of thiophene rings is 3. The van der Waals surface area contributed by atoms with Crippen LogP contribution in [0.2, 0.25) is 0 Å². The average Bonchev–Trinajstić information content (AvgIpc) is 4.23. The summed E-state index contributed by atoms with van der Waals surface area (Å²) in [5.41, 5.74) is 1.61. The van der Waals surface area contributed by atoms with Crippen LogP contribution in [0.4, 0.5) is 17.1 Å². The molecule has 0 fully saturated rings. The number of fused-ring (bicyclic) bond motifs is 3. The van der Waals surface area contributed by atoms with Gasteiger partial charge in [0.2, 0.25) is 16.3 Å². The maximum absolute atomic E-state index is 12.1. The highest BCUT2D eigenvalue weighted by Crippen LogP contribution is 2.18. The minimum Gasteiger partial charge on any atom is -0.352 e. The maximum Gasteiger partial charge on any atom is 0.261 e. The van der Waals surface area contributed by atoms with Crippen LogP contribution in [0.15, 0.2) is 158 Å². The predicted molar refractivity (Wildman–Crippen MR) is 312 cm³/mol. The quantitative estimate of drug-likeness (QED) is 0.0962. The van der Waals surface area contributed by atoms with E-state index in [1.807, 2.05) is 154 Å². The van der Waals surface area contributed by atoms with E-state index in [-0.39, 0.29) is 47.8 Å². The van der Waals surface area contributed by atoms with Gasteiger partial charge in [-0.15, -0.1) is 34.0 Å². The Morgan fingerprint density at radius 3 is 0.775 bits per heavy atom. The minimum absolute atomic E-state index is 0. The third kappa shape index (κ3) is 19.3. The van der Waals surface area contributed by atoms with Gasteiger partial charge in [0, 0.05) is 35.7 Å². The Balaban J connectivity index is 0. The summed E-state index contributed by atoms with van der Waals surface area (Å²) in [7, 11) is 0. The SMILES string of the molecule is C.C.CC.CC.CC.CC.CC.CC.O=C(Nc1ccccc1)c1c[nH]c2sccc2c1=O.O=C(Nc1ccccc1)c1c[nH]c2sccc2c1=O.O=C(Nc1ccccc1)c1c[nH]c2sccc2c1=O. The number of pyridine rings is 3. The van der Waals surface area contributed by atoms with Crippen molar-refractivity contribution in [2.75, 3.05) is 16.0 Å². The maximum atomic E-state index is 12.1. The monoisotopic (exact) mass is 1020 g/mol. The first kappa shape index (κ1) is 65.9. The van der Waals surface area contributed by atoms with Gasteiger partial charge < -0.3 is 30.9 Å². The molecule has 0 spiro atoms. The lowest BCUT2D eigenvalue weighted by molar-refractivity contribution is 0.101. The van der Waals surface area contributed by atoms with Gasteiger partial charge in [0.15, 0.2) is 0 Å². The van der Waals surface area contributed by atoms with Crippen molar-refractivity contribution in [3.8, 4) is 0 Å². The van der Waals surface area contributed by atoms with Crippen LogP contribution >= 0.6 is 34.0 Å². The lowest BCUT2D eigenvalue weighted by atomic mass is 10.2. The van der Waals surface area contributed by atoms with Crippen molar-refractivity contribution in [2.45, 2.75) is 97.9 Å². The Labute approximate surface area is 431 Å². The first-order valence-electron chi connectivity index (χ1n) is 23.1. The van der Waals surface area contributed by atoms with Crippen LogP contribution < -0.4 is 32.2 Å². The molecular weight excluding hydrogens is 949 g/mol. The molecule has 0 radical (unpaired) electrons. The fourth-order valence-electron chi connectivity index (χ4n) is 5.51. The van der Waals surface area contributed by atoms with Gasteiger partial charge in [0.25, 0.3) is 17.7 Å². The molecule has 9 rings (SSSR count). The van der Waals surface area contributed by atoms with Gasteiger partial charge in [-0.2, -0.15) is 0 Å². The van der Waals surface area contributed by atoms with E-state index in [1.54, 1.807) is 54.6 Å². The summed E-state index contributed by atoms with van der Waals surface area (Å²) in [5.74, 6) is -1.21. The average molecular weight is 1020 g/mol. The van der Waals surface area contributed by atoms with E-state index >= 15 is 0 Å². The summed E-state index contributed by atoms with van der Waals surface area (Å²) >= 11 is 4.32. The molecule has 12 nitrogen and oxygen atoms in total. The number of benzene rings is 3. The van der Waals surface area contributed by atoms with Crippen molar-refractivity contribution in [1.29, 1.82) is 0 Å². The molecule has 0 unspecified atom stereocenters. The van der Waals surface area contributed by atoms with Crippen molar-refractivity contribution >= 4 is 99.4 Å². The Morgan fingerprint density at radius 1 is 0.352 bits per heavy atom. The Kier molecular flexibility index (Phi) is 34.9. The van der Waals surface area contributed by atoms with Gasteiger partial charge in [-0.25, -0.2) is 0 Å². The fourth-order valence-corrected chi connectivity index (χ4v) is 7.77. The van der Waals surface area contributed by atoms with E-state index in [0.717, 1.165) is 14.5 Å². The van der Waals surface area contributed by atoms with E-state index in [9.17, 15) is 28.8 Å². The number of aromatic nitrogens is 3. The topological polar surface area (TPSA) is 186 Å². The number of anilines is 3. The second kappa shape index (κ2) is 37.7. The molecule has 9 aromatic rings. The largest absolute Gasteiger partial charge is 0.352 e. The molecule has 0 aliphatic heterocycles. The summed E-state index contributed by atoms with van der Waals surface area (Å²) in [6.45, 7) is 24.0. The fraction of sp³-hybridized carbons (Fsp3) is 0.250. The molecule has 6 N–H and O–H groups in total. The highest BCUT2D eigenvalue weighted by Gasteiger charge is 2.16. The second-order valence-corrected chi connectivity index (χ2v) is 14.8. The Morgan fingerprint density at radius 2 is 0.563 bits per heavy atom. The van der Waals surface area contributed by atoms with Crippen LogP contribution in [0.5, 0.6) is 0 Å². The van der Waals surface area contributed by atoms with Crippen molar-refractivity contribution < 1.29 is 14.4 Å². The van der Waals surface area contributed by atoms with Crippen LogP contribution in [0.25, 0.3) is 30.6 Å². The number of amides is 3. The zero-order valence-electron chi connectivity index (χ0n) is 41.5. The normalized spacial score (nSPS) is 8.96. The molecule has 15 heteroatoms. The molecule has 0 bridgehead atoms. The molecule has 6 heterocycles. The number of aromatic amines is 3. The number of hydrogen-bond acceptors (Lipinski definition) is 9. The van der Waals surface area contributed by atoms with Gasteiger partial charge in [0.05, 0.1) is 16.2 Å². The van der Waals surface area contributed by atoms with Crippen LogP contribution in [0.1, 0.15) is 129 Å². The van der Waals surface area contributed by atoms with Gasteiger partial charge in [-0.1, -0.05) is 153 Å². The first-order valence-corrected chi connectivity index (χ1v) is 25.8. The number of carbonyl (C=O) groups excluding carboxylic acids is 3. The number of rotatable bonds is 6. The lowest BCUT2D eigenvalue weighted by Gasteiger charge is -2.04. The van der Waals surface area contributed by atoms with Crippen molar-refractivity contribution in [2.24, 2.45) is 0 Å². The third-order valence-electron chi connectivity index (χ3n) is 8.34. The van der Waals surface area contributed by atoms with Crippen LogP contribution in [-0.2, 0) is 0 Å². The number of nitrogens with one attached hydrogen (secondary N) is 6. The van der Waals surface area contributed by atoms with Gasteiger partial charge in [-0.05, 0) is 70.7 Å². The molecule has 71 heavy (non-hydrogen) atoms. The molecule has 3 aromatic carbocycles. The molecule has 0 aliphatic carbocycles. The Bertz CT molecular complexity index is 2700. The van der Waals surface area contributed by atoms with Crippen LogP contribution in [0, 0.1) is 0 Å². The third-order valence-corrected chi connectivity index (χ3v) is 10.9. The van der Waals surface area contributed by atoms with E-state index in [4.69, 9.17) is 0 Å². The number of hydrogen-bond donors (Lipinski definition) is 6. The first-order chi connectivity index (χ1) is 33.8. The van der Waals surface area contributed by atoms with Gasteiger partial charge >= 0.3 is 0 Å². The summed E-state index contributed by atoms with van der Waals surface area (Å²) in [4.78, 5) is 83.9. The van der Waals surface area contributed by atoms with Crippen LogP contribution in [-0.4, -0.2) is 32.7 Å². The number of para-hydroxylation sites is 3. The number of H-pyrrole nitrogens is 3. The molecular formula is C56H74N6O6S3. The van der Waals surface area contributed by atoms with E-state index in [2.05, 4.69) is 30.9 Å². The molecule has 6 aromatic heterocycles. The van der Waals surface area contributed by atoms with Gasteiger partial charge in [0.1, 0.15) is 31.2 Å².